The van der Waals surface area contributed by atoms with Crippen molar-refractivity contribution in [2.24, 2.45) is 0 Å². The lowest BCUT2D eigenvalue weighted by molar-refractivity contribution is -0.161. The third kappa shape index (κ3) is 4.12. The predicted octanol–water partition coefficient (Wildman–Crippen LogP) is 3.83. The van der Waals surface area contributed by atoms with Crippen molar-refractivity contribution in [3.05, 3.63) is 70.4 Å². The van der Waals surface area contributed by atoms with Crippen LogP contribution in [0.2, 0.25) is 5.02 Å². The standard InChI is InChI=1S/C25H26ClN3O4/c1-25(2)32-13-21(33-25)24(31)29(3)22-17-7-5-4-6-14(17)11-19(22)28-23(30)20-12-15-10-16(26)8-9-18(15)27-20/h4-10,12,19,21-22,27H,11,13H2,1-3H3,(H,28,30)/t19-,21-,22-/m1/s1. The molecule has 1 aliphatic carbocycles. The fraction of sp³-hybridized carbons (Fsp3) is 0.360. The number of aromatic amines is 1. The van der Waals surface area contributed by atoms with Crippen molar-refractivity contribution in [3.63, 3.8) is 0 Å². The first-order valence-electron chi connectivity index (χ1n) is 11.0. The van der Waals surface area contributed by atoms with Gasteiger partial charge in [-0.05, 0) is 55.7 Å². The van der Waals surface area contributed by atoms with Gasteiger partial charge in [0.2, 0.25) is 0 Å². The highest BCUT2D eigenvalue weighted by atomic mass is 35.5. The monoisotopic (exact) mass is 467 g/mol. The van der Waals surface area contributed by atoms with Gasteiger partial charge in [-0.25, -0.2) is 0 Å². The maximum atomic E-state index is 13.3. The summed E-state index contributed by atoms with van der Waals surface area (Å²) in [6, 6.07) is 14.6. The first-order chi connectivity index (χ1) is 15.7. The topological polar surface area (TPSA) is 83.7 Å². The first-order valence-corrected chi connectivity index (χ1v) is 11.3. The molecule has 2 N–H and O–H groups in total. The smallest absolute Gasteiger partial charge is 0.268 e. The Labute approximate surface area is 197 Å². The number of nitrogens with zero attached hydrogens (tertiary/aromatic N) is 1. The summed E-state index contributed by atoms with van der Waals surface area (Å²) >= 11 is 6.08. The predicted molar refractivity (Wildman–Crippen MR) is 125 cm³/mol. The summed E-state index contributed by atoms with van der Waals surface area (Å²) in [6.07, 6.45) is -0.0448. The van der Waals surface area contributed by atoms with E-state index in [0.29, 0.717) is 17.1 Å². The van der Waals surface area contributed by atoms with Gasteiger partial charge in [0.05, 0.1) is 18.7 Å². The fourth-order valence-electron chi connectivity index (χ4n) is 4.83. The molecule has 0 saturated carbocycles. The number of carbonyl (C=O) groups excluding carboxylic acids is 2. The van der Waals surface area contributed by atoms with Crippen molar-refractivity contribution >= 4 is 34.3 Å². The fourth-order valence-corrected chi connectivity index (χ4v) is 5.01. The van der Waals surface area contributed by atoms with Gasteiger partial charge >= 0.3 is 0 Å². The van der Waals surface area contributed by atoms with Gasteiger partial charge in [-0.15, -0.1) is 0 Å². The Balaban J connectivity index is 1.39. The molecule has 2 aromatic carbocycles. The second-order valence-corrected chi connectivity index (χ2v) is 9.55. The molecular formula is C25H26ClN3O4. The largest absolute Gasteiger partial charge is 0.351 e. The lowest BCUT2D eigenvalue weighted by atomic mass is 10.0. The summed E-state index contributed by atoms with van der Waals surface area (Å²) in [4.78, 5) is 31.3. The molecule has 1 saturated heterocycles. The zero-order valence-electron chi connectivity index (χ0n) is 18.7. The van der Waals surface area contributed by atoms with Crippen molar-refractivity contribution in [2.45, 2.75) is 44.2 Å². The summed E-state index contributed by atoms with van der Waals surface area (Å²) < 4.78 is 11.4. The summed E-state index contributed by atoms with van der Waals surface area (Å²) in [6.45, 7) is 3.79. The number of rotatable bonds is 4. The molecule has 7 nitrogen and oxygen atoms in total. The highest BCUT2D eigenvalue weighted by Gasteiger charge is 2.43. The number of amides is 2. The van der Waals surface area contributed by atoms with Gasteiger partial charge in [-0.2, -0.15) is 0 Å². The molecule has 1 aromatic heterocycles. The molecule has 1 fully saturated rings. The van der Waals surface area contributed by atoms with Crippen LogP contribution in [0.25, 0.3) is 10.9 Å². The lowest BCUT2D eigenvalue weighted by Gasteiger charge is -2.32. The zero-order valence-corrected chi connectivity index (χ0v) is 19.5. The van der Waals surface area contributed by atoms with Crippen molar-refractivity contribution in [1.29, 1.82) is 0 Å². The highest BCUT2D eigenvalue weighted by Crippen LogP contribution is 2.37. The van der Waals surface area contributed by atoms with Gasteiger partial charge in [-0.1, -0.05) is 35.9 Å². The number of aromatic nitrogens is 1. The average molecular weight is 468 g/mol. The van der Waals surface area contributed by atoms with E-state index in [1.165, 1.54) is 0 Å². The van der Waals surface area contributed by atoms with E-state index in [1.807, 2.05) is 36.4 Å². The maximum absolute atomic E-state index is 13.3. The molecule has 0 unspecified atom stereocenters. The molecule has 1 aliphatic heterocycles. The Morgan fingerprint density at radius 3 is 2.73 bits per heavy atom. The third-order valence-electron chi connectivity index (χ3n) is 6.39. The number of carbonyl (C=O) groups is 2. The maximum Gasteiger partial charge on any atom is 0.268 e. The number of nitrogens with one attached hydrogen (secondary N) is 2. The quantitative estimate of drug-likeness (QED) is 0.611. The van der Waals surface area contributed by atoms with E-state index in [9.17, 15) is 9.59 Å². The van der Waals surface area contributed by atoms with Crippen molar-refractivity contribution in [1.82, 2.24) is 15.2 Å². The minimum absolute atomic E-state index is 0.165. The van der Waals surface area contributed by atoms with Crippen LogP contribution in [0, 0.1) is 0 Å². The van der Waals surface area contributed by atoms with E-state index in [0.717, 1.165) is 22.0 Å². The molecule has 2 heterocycles. The molecular weight excluding hydrogens is 442 g/mol. The number of ether oxygens (including phenoxy) is 2. The number of H-pyrrole nitrogens is 1. The van der Waals surface area contributed by atoms with Crippen LogP contribution in [0.4, 0.5) is 0 Å². The van der Waals surface area contributed by atoms with Crippen molar-refractivity contribution in [2.75, 3.05) is 13.7 Å². The van der Waals surface area contributed by atoms with Gasteiger partial charge in [0, 0.05) is 23.0 Å². The molecule has 2 amide bonds. The van der Waals surface area contributed by atoms with E-state index < -0.39 is 11.9 Å². The number of hydrogen-bond acceptors (Lipinski definition) is 4. The Bertz CT molecular complexity index is 1240. The first kappa shape index (κ1) is 21.9. The minimum Gasteiger partial charge on any atom is -0.351 e. The van der Waals surface area contributed by atoms with Crippen LogP contribution in [0.15, 0.2) is 48.5 Å². The Kier molecular flexibility index (Phi) is 5.43. The molecule has 0 spiro atoms. The van der Waals surface area contributed by atoms with Gasteiger partial charge in [0.1, 0.15) is 5.69 Å². The normalized spacial score (nSPS) is 23.5. The molecule has 3 aromatic rings. The molecule has 0 bridgehead atoms. The van der Waals surface area contributed by atoms with Crippen LogP contribution < -0.4 is 5.32 Å². The van der Waals surface area contributed by atoms with E-state index in [-0.39, 0.29) is 30.5 Å². The van der Waals surface area contributed by atoms with Gasteiger partial charge < -0.3 is 24.7 Å². The van der Waals surface area contributed by atoms with Gasteiger partial charge in [0.25, 0.3) is 11.8 Å². The van der Waals surface area contributed by atoms with Crippen LogP contribution in [0.1, 0.15) is 41.5 Å². The second-order valence-electron chi connectivity index (χ2n) is 9.11. The van der Waals surface area contributed by atoms with E-state index >= 15 is 0 Å². The van der Waals surface area contributed by atoms with Crippen LogP contribution >= 0.6 is 11.6 Å². The number of likely N-dealkylation sites (N-methyl/N-ethyl adjacent to an activating group) is 1. The summed E-state index contributed by atoms with van der Waals surface area (Å²) in [5.74, 6) is -1.18. The summed E-state index contributed by atoms with van der Waals surface area (Å²) in [5, 5.41) is 4.62. The molecule has 8 heteroatoms. The number of fused-ring (bicyclic) bond motifs is 2. The summed E-state index contributed by atoms with van der Waals surface area (Å²) in [7, 11) is 1.76. The van der Waals surface area contributed by atoms with Gasteiger partial charge in [0.15, 0.2) is 11.9 Å². The third-order valence-corrected chi connectivity index (χ3v) is 6.62. The minimum atomic E-state index is -0.791. The van der Waals surface area contributed by atoms with Crippen molar-refractivity contribution in [3.8, 4) is 0 Å². The average Bonchev–Trinajstić information content (AvgIpc) is 3.46. The Morgan fingerprint density at radius 1 is 1.18 bits per heavy atom. The lowest BCUT2D eigenvalue weighted by Crippen LogP contribution is -2.48. The molecule has 33 heavy (non-hydrogen) atoms. The van der Waals surface area contributed by atoms with E-state index in [4.69, 9.17) is 21.1 Å². The van der Waals surface area contributed by atoms with Crippen LogP contribution in [0.5, 0.6) is 0 Å². The number of hydrogen-bond donors (Lipinski definition) is 2. The summed E-state index contributed by atoms with van der Waals surface area (Å²) in [5.41, 5.74) is 3.43. The zero-order chi connectivity index (χ0) is 23.3. The van der Waals surface area contributed by atoms with Gasteiger partial charge in [-0.3, -0.25) is 9.59 Å². The highest BCUT2D eigenvalue weighted by molar-refractivity contribution is 6.31. The molecule has 3 atom stereocenters. The molecule has 172 valence electrons. The van der Waals surface area contributed by atoms with Crippen molar-refractivity contribution < 1.29 is 19.1 Å². The van der Waals surface area contributed by atoms with Crippen LogP contribution in [0.3, 0.4) is 0 Å². The van der Waals surface area contributed by atoms with Crippen LogP contribution in [-0.2, 0) is 20.7 Å². The van der Waals surface area contributed by atoms with E-state index in [1.54, 1.807) is 37.9 Å². The SMILES string of the molecule is CN(C(=O)[C@H]1COC(C)(C)O1)[C@@H]1c2ccccc2C[C@H]1NC(=O)c1cc2cc(Cl)ccc2[nH]1. The number of halogens is 1. The number of benzene rings is 2. The Morgan fingerprint density at radius 2 is 1.97 bits per heavy atom. The molecule has 5 rings (SSSR count). The van der Waals surface area contributed by atoms with Crippen LogP contribution in [-0.4, -0.2) is 53.3 Å². The Hall–Kier alpha value is -2.87. The molecule has 0 radical (unpaired) electrons. The second kappa shape index (κ2) is 8.17. The van der Waals surface area contributed by atoms with E-state index in [2.05, 4.69) is 10.3 Å². The molecule has 2 aliphatic rings.